The minimum Gasteiger partial charge on any atom is -0.466 e. The van der Waals surface area contributed by atoms with Crippen LogP contribution in [-0.4, -0.2) is 21.6 Å². The lowest BCUT2D eigenvalue weighted by atomic mass is 9.96. The van der Waals surface area contributed by atoms with Crippen LogP contribution < -0.4 is 5.32 Å². The molecule has 2 N–H and O–H groups in total. The molecule has 0 aliphatic heterocycles. The summed E-state index contributed by atoms with van der Waals surface area (Å²) in [5.41, 5.74) is -0.271. The number of nitrogens with zero attached hydrogens (tertiary/aromatic N) is 2. The van der Waals surface area contributed by atoms with Crippen molar-refractivity contribution in [2.24, 2.45) is 0 Å². The topological polar surface area (TPSA) is 71.2 Å². The lowest BCUT2D eigenvalue weighted by molar-refractivity contribution is 0.0697. The van der Waals surface area contributed by atoms with Gasteiger partial charge in [-0.25, -0.2) is 9.97 Å². The molecule has 0 unspecified atom stereocenters. The van der Waals surface area contributed by atoms with Crippen LogP contribution in [0, 0.1) is 13.8 Å². The zero-order valence-corrected chi connectivity index (χ0v) is 12.7. The van der Waals surface area contributed by atoms with E-state index in [2.05, 4.69) is 31.2 Å². The summed E-state index contributed by atoms with van der Waals surface area (Å²) in [6.07, 6.45) is 3.30. The van der Waals surface area contributed by atoms with Crippen molar-refractivity contribution < 1.29 is 9.52 Å². The Hall–Kier alpha value is -1.40. The average molecular weight is 326 g/mol. The smallest absolute Gasteiger partial charge is 0.222 e. The predicted octanol–water partition coefficient (Wildman–Crippen LogP) is 2.77. The summed E-state index contributed by atoms with van der Waals surface area (Å²) in [5, 5.41) is 13.5. The van der Waals surface area contributed by atoms with E-state index in [4.69, 9.17) is 4.42 Å². The van der Waals surface area contributed by atoms with Crippen molar-refractivity contribution >= 4 is 21.9 Å². The van der Waals surface area contributed by atoms with Crippen LogP contribution >= 0.6 is 15.9 Å². The minimum absolute atomic E-state index is 0.300. The van der Waals surface area contributed by atoms with E-state index in [9.17, 15) is 5.11 Å². The van der Waals surface area contributed by atoms with Crippen LogP contribution in [0.1, 0.15) is 24.0 Å². The lowest BCUT2D eigenvalue weighted by Gasteiger charge is -2.23. The van der Waals surface area contributed by atoms with E-state index >= 15 is 0 Å². The summed E-state index contributed by atoms with van der Waals surface area (Å²) in [6.45, 7) is 5.73. The molecular formula is C13H16BrN3O2. The van der Waals surface area contributed by atoms with Gasteiger partial charge in [0.15, 0.2) is 0 Å². The Kier molecular flexibility index (Phi) is 3.91. The Morgan fingerprint density at radius 1 is 1.37 bits per heavy atom. The minimum atomic E-state index is -1.04. The second-order valence-electron chi connectivity index (χ2n) is 4.68. The predicted molar refractivity (Wildman–Crippen MR) is 76.0 cm³/mol. The zero-order chi connectivity index (χ0) is 14.0. The van der Waals surface area contributed by atoms with Crippen LogP contribution in [-0.2, 0) is 5.60 Å². The highest BCUT2D eigenvalue weighted by molar-refractivity contribution is 9.10. The number of aliphatic hydroxyl groups is 1. The molecule has 102 valence electrons. The molecule has 2 aromatic heterocycles. The van der Waals surface area contributed by atoms with E-state index in [1.54, 1.807) is 19.3 Å². The highest BCUT2D eigenvalue weighted by atomic mass is 79.9. The number of hydrogen-bond acceptors (Lipinski definition) is 5. The van der Waals surface area contributed by atoms with Gasteiger partial charge in [-0.05, 0) is 42.8 Å². The first-order valence-electron chi connectivity index (χ1n) is 5.90. The second kappa shape index (κ2) is 5.30. The SMILES string of the molecule is Cc1cc([C@](C)(O)CNc2ncc(Br)cn2)c(C)o1. The highest BCUT2D eigenvalue weighted by Crippen LogP contribution is 2.27. The normalized spacial score (nSPS) is 14.2. The van der Waals surface area contributed by atoms with Gasteiger partial charge in [-0.1, -0.05) is 0 Å². The Morgan fingerprint density at radius 2 is 2.00 bits per heavy atom. The van der Waals surface area contributed by atoms with Crippen LogP contribution in [0.3, 0.4) is 0 Å². The van der Waals surface area contributed by atoms with Crippen molar-refractivity contribution in [2.45, 2.75) is 26.4 Å². The molecule has 5 nitrogen and oxygen atoms in total. The molecule has 0 aromatic carbocycles. The quantitative estimate of drug-likeness (QED) is 0.904. The Balaban J connectivity index is 2.09. The molecule has 6 heteroatoms. The van der Waals surface area contributed by atoms with E-state index in [1.165, 1.54) is 0 Å². The van der Waals surface area contributed by atoms with Crippen molar-refractivity contribution in [1.29, 1.82) is 0 Å². The van der Waals surface area contributed by atoms with E-state index in [-0.39, 0.29) is 0 Å². The van der Waals surface area contributed by atoms with Crippen molar-refractivity contribution in [3.05, 3.63) is 40.0 Å². The van der Waals surface area contributed by atoms with Gasteiger partial charge in [-0.15, -0.1) is 0 Å². The van der Waals surface area contributed by atoms with Gasteiger partial charge in [-0.2, -0.15) is 0 Å². The van der Waals surface area contributed by atoms with Crippen molar-refractivity contribution in [3.8, 4) is 0 Å². The monoisotopic (exact) mass is 325 g/mol. The fourth-order valence-electron chi connectivity index (χ4n) is 1.92. The maximum absolute atomic E-state index is 10.5. The summed E-state index contributed by atoms with van der Waals surface area (Å²) in [5.74, 6) is 1.98. The molecular weight excluding hydrogens is 310 g/mol. The van der Waals surface area contributed by atoms with Crippen LogP contribution in [0.5, 0.6) is 0 Å². The number of anilines is 1. The molecule has 2 rings (SSSR count). The fraction of sp³-hybridized carbons (Fsp3) is 0.385. The molecule has 0 amide bonds. The molecule has 1 atom stereocenters. The number of halogens is 1. The third kappa shape index (κ3) is 3.33. The summed E-state index contributed by atoms with van der Waals surface area (Å²) in [4.78, 5) is 8.20. The molecule has 0 saturated heterocycles. The van der Waals surface area contributed by atoms with Crippen LogP contribution in [0.25, 0.3) is 0 Å². The molecule has 0 aliphatic rings. The molecule has 2 aromatic rings. The first-order chi connectivity index (χ1) is 8.88. The summed E-state index contributed by atoms with van der Waals surface area (Å²) < 4.78 is 6.25. The van der Waals surface area contributed by atoms with E-state index < -0.39 is 5.60 Å². The highest BCUT2D eigenvalue weighted by Gasteiger charge is 2.27. The molecule has 0 spiro atoms. The fourth-order valence-corrected chi connectivity index (χ4v) is 2.12. The van der Waals surface area contributed by atoms with E-state index in [0.717, 1.165) is 21.6 Å². The van der Waals surface area contributed by atoms with Gasteiger partial charge in [0, 0.05) is 18.0 Å². The van der Waals surface area contributed by atoms with Crippen LogP contribution in [0.15, 0.2) is 27.3 Å². The van der Waals surface area contributed by atoms with Crippen molar-refractivity contribution in [1.82, 2.24) is 9.97 Å². The third-order valence-corrected chi connectivity index (χ3v) is 3.24. The average Bonchev–Trinajstić information content (AvgIpc) is 2.69. The molecule has 0 fully saturated rings. The summed E-state index contributed by atoms with van der Waals surface area (Å²) in [6, 6.07) is 1.85. The van der Waals surface area contributed by atoms with Crippen LogP contribution in [0.4, 0.5) is 5.95 Å². The van der Waals surface area contributed by atoms with Crippen molar-refractivity contribution in [2.75, 3.05) is 11.9 Å². The Labute approximate surface area is 120 Å². The maximum Gasteiger partial charge on any atom is 0.222 e. The first-order valence-corrected chi connectivity index (χ1v) is 6.69. The van der Waals surface area contributed by atoms with Gasteiger partial charge in [-0.3, -0.25) is 0 Å². The van der Waals surface area contributed by atoms with Gasteiger partial charge in [0.2, 0.25) is 5.95 Å². The van der Waals surface area contributed by atoms with Gasteiger partial charge < -0.3 is 14.8 Å². The zero-order valence-electron chi connectivity index (χ0n) is 11.1. The summed E-state index contributed by atoms with van der Waals surface area (Å²) in [7, 11) is 0. The molecule has 0 aliphatic carbocycles. The molecule has 0 saturated carbocycles. The van der Waals surface area contributed by atoms with Gasteiger partial charge in [0.05, 0.1) is 11.0 Å². The Morgan fingerprint density at radius 3 is 2.53 bits per heavy atom. The third-order valence-electron chi connectivity index (χ3n) is 2.83. The van der Waals surface area contributed by atoms with Crippen molar-refractivity contribution in [3.63, 3.8) is 0 Å². The Bertz CT molecular complexity index is 564. The standard InChI is InChI=1S/C13H16BrN3O2/c1-8-4-11(9(2)19-8)13(3,18)7-17-12-15-5-10(14)6-16-12/h4-6,18H,7H2,1-3H3,(H,15,16,17)/t13-/m1/s1. The number of aryl methyl sites for hydroxylation is 2. The number of nitrogens with one attached hydrogen (secondary N) is 1. The molecule has 2 heterocycles. The second-order valence-corrected chi connectivity index (χ2v) is 5.59. The largest absolute Gasteiger partial charge is 0.466 e. The van der Waals surface area contributed by atoms with Gasteiger partial charge >= 0.3 is 0 Å². The molecule has 0 radical (unpaired) electrons. The number of aromatic nitrogens is 2. The lowest BCUT2D eigenvalue weighted by Crippen LogP contribution is -2.31. The van der Waals surface area contributed by atoms with Gasteiger partial charge in [0.1, 0.15) is 17.1 Å². The first kappa shape index (κ1) is 14.0. The molecule has 19 heavy (non-hydrogen) atoms. The maximum atomic E-state index is 10.5. The van der Waals surface area contributed by atoms with Gasteiger partial charge in [0.25, 0.3) is 0 Å². The number of hydrogen-bond donors (Lipinski definition) is 2. The van der Waals surface area contributed by atoms with E-state index in [0.29, 0.717) is 12.5 Å². The number of furan rings is 1. The van der Waals surface area contributed by atoms with E-state index in [1.807, 2.05) is 19.9 Å². The number of rotatable bonds is 4. The van der Waals surface area contributed by atoms with Crippen LogP contribution in [0.2, 0.25) is 0 Å². The summed E-state index contributed by atoms with van der Waals surface area (Å²) >= 11 is 3.27. The molecule has 0 bridgehead atoms.